The Labute approximate surface area is 120 Å². The van der Waals surface area contributed by atoms with Gasteiger partial charge in [-0.1, -0.05) is 6.92 Å². The maximum absolute atomic E-state index is 12.6. The zero-order valence-electron chi connectivity index (χ0n) is 12.9. The summed E-state index contributed by atoms with van der Waals surface area (Å²) in [6.07, 6.45) is 2.68. The van der Waals surface area contributed by atoms with E-state index < -0.39 is 5.54 Å². The van der Waals surface area contributed by atoms with Crippen LogP contribution in [0.2, 0.25) is 0 Å². The largest absolute Gasteiger partial charge is 0.322 e. The van der Waals surface area contributed by atoms with Gasteiger partial charge in [0.2, 0.25) is 5.91 Å². The Balaban J connectivity index is 2.09. The van der Waals surface area contributed by atoms with Gasteiger partial charge < -0.3 is 10.6 Å². The molecule has 2 heterocycles. The summed E-state index contributed by atoms with van der Waals surface area (Å²) in [5.41, 5.74) is 1.24. The van der Waals surface area contributed by atoms with Gasteiger partial charge in [0.05, 0.1) is 16.9 Å². The van der Waals surface area contributed by atoms with E-state index in [-0.39, 0.29) is 5.91 Å². The van der Waals surface area contributed by atoms with Crippen LogP contribution in [-0.4, -0.2) is 52.3 Å². The minimum absolute atomic E-state index is 0.0297. The van der Waals surface area contributed by atoms with E-state index >= 15 is 0 Å². The number of hydrogen-bond donors (Lipinski definition) is 2. The number of anilines is 1. The molecule has 112 valence electrons. The van der Waals surface area contributed by atoms with Gasteiger partial charge in [-0.25, -0.2) is 0 Å². The van der Waals surface area contributed by atoms with Gasteiger partial charge in [0, 0.05) is 39.4 Å². The van der Waals surface area contributed by atoms with Crippen LogP contribution < -0.4 is 10.6 Å². The van der Waals surface area contributed by atoms with Crippen molar-refractivity contribution in [2.45, 2.75) is 32.7 Å². The lowest BCUT2D eigenvalue weighted by Gasteiger charge is -2.39. The van der Waals surface area contributed by atoms with Crippen LogP contribution >= 0.6 is 0 Å². The number of hydrogen-bond acceptors (Lipinski definition) is 4. The van der Waals surface area contributed by atoms with Crippen molar-refractivity contribution in [3.63, 3.8) is 0 Å². The molecule has 2 N–H and O–H groups in total. The number of nitrogens with one attached hydrogen (secondary N) is 2. The lowest BCUT2D eigenvalue weighted by Crippen LogP contribution is -2.58. The minimum atomic E-state index is -0.511. The van der Waals surface area contributed by atoms with E-state index in [4.69, 9.17) is 0 Å². The highest BCUT2D eigenvalue weighted by Crippen LogP contribution is 2.20. The molecule has 2 rings (SSSR count). The molecule has 1 amide bonds. The highest BCUT2D eigenvalue weighted by molar-refractivity contribution is 5.97. The second-order valence-corrected chi connectivity index (χ2v) is 5.77. The Bertz CT molecular complexity index is 474. The standard InChI is InChI=1S/C14H25N5O/c1-5-11-12(10-18(4)17-11)16-13(20)14(2,3)19-8-6-15-7-9-19/h10,15H,5-9H2,1-4H3,(H,16,20). The molecule has 1 fully saturated rings. The van der Waals surface area contributed by atoms with E-state index in [0.29, 0.717) is 0 Å². The average Bonchev–Trinajstić information content (AvgIpc) is 2.79. The predicted molar refractivity (Wildman–Crippen MR) is 79.7 cm³/mol. The van der Waals surface area contributed by atoms with Crippen molar-refractivity contribution >= 4 is 11.6 Å². The molecule has 6 nitrogen and oxygen atoms in total. The fourth-order valence-electron chi connectivity index (χ4n) is 2.54. The Morgan fingerprint density at radius 2 is 2.10 bits per heavy atom. The molecular formula is C14H25N5O. The lowest BCUT2D eigenvalue weighted by atomic mass is 10.0. The van der Waals surface area contributed by atoms with Gasteiger partial charge in [-0.2, -0.15) is 5.10 Å². The second kappa shape index (κ2) is 5.93. The Morgan fingerprint density at radius 3 is 2.70 bits per heavy atom. The van der Waals surface area contributed by atoms with Crippen molar-refractivity contribution < 1.29 is 4.79 Å². The molecule has 0 atom stereocenters. The van der Waals surface area contributed by atoms with Gasteiger partial charge in [0.1, 0.15) is 0 Å². The van der Waals surface area contributed by atoms with Crippen molar-refractivity contribution in [2.75, 3.05) is 31.5 Å². The van der Waals surface area contributed by atoms with E-state index in [9.17, 15) is 4.79 Å². The predicted octanol–water partition coefficient (Wildman–Crippen LogP) is 0.605. The maximum Gasteiger partial charge on any atom is 0.244 e. The summed E-state index contributed by atoms with van der Waals surface area (Å²) in [4.78, 5) is 14.8. The summed E-state index contributed by atoms with van der Waals surface area (Å²) in [6.45, 7) is 9.67. The molecule has 1 aromatic rings. The zero-order valence-corrected chi connectivity index (χ0v) is 12.9. The highest BCUT2D eigenvalue weighted by Gasteiger charge is 2.35. The second-order valence-electron chi connectivity index (χ2n) is 5.77. The van der Waals surface area contributed by atoms with Crippen LogP contribution in [0.4, 0.5) is 5.69 Å². The number of carbonyl (C=O) groups excluding carboxylic acids is 1. The summed E-state index contributed by atoms with van der Waals surface area (Å²) in [6, 6.07) is 0. The van der Waals surface area contributed by atoms with Gasteiger partial charge in [-0.3, -0.25) is 14.4 Å². The van der Waals surface area contributed by atoms with E-state index in [1.54, 1.807) is 4.68 Å². The third-order valence-corrected chi connectivity index (χ3v) is 3.95. The number of aryl methyl sites for hydroxylation is 2. The van der Waals surface area contributed by atoms with Gasteiger partial charge in [-0.15, -0.1) is 0 Å². The molecule has 0 aliphatic carbocycles. The van der Waals surface area contributed by atoms with Crippen molar-refractivity contribution in [1.29, 1.82) is 0 Å². The van der Waals surface area contributed by atoms with E-state index in [0.717, 1.165) is 44.0 Å². The molecule has 1 saturated heterocycles. The first-order valence-corrected chi connectivity index (χ1v) is 7.25. The molecule has 0 radical (unpaired) electrons. The van der Waals surface area contributed by atoms with Crippen LogP contribution in [0.1, 0.15) is 26.5 Å². The number of rotatable bonds is 4. The number of amides is 1. The summed E-state index contributed by atoms with van der Waals surface area (Å²) in [7, 11) is 1.87. The Kier molecular flexibility index (Phi) is 4.45. The van der Waals surface area contributed by atoms with Crippen molar-refractivity contribution in [3.05, 3.63) is 11.9 Å². The molecule has 0 bridgehead atoms. The van der Waals surface area contributed by atoms with E-state index in [1.165, 1.54) is 0 Å². The first kappa shape index (κ1) is 15.0. The van der Waals surface area contributed by atoms with Gasteiger partial charge >= 0.3 is 0 Å². The van der Waals surface area contributed by atoms with Crippen LogP contribution in [-0.2, 0) is 18.3 Å². The SMILES string of the molecule is CCc1nn(C)cc1NC(=O)C(C)(C)N1CCNCC1. The molecule has 1 aliphatic rings. The van der Waals surface area contributed by atoms with Crippen LogP contribution in [0.15, 0.2) is 6.20 Å². The van der Waals surface area contributed by atoms with Crippen molar-refractivity contribution in [1.82, 2.24) is 20.0 Å². The summed E-state index contributed by atoms with van der Waals surface area (Å²) < 4.78 is 1.74. The maximum atomic E-state index is 12.6. The minimum Gasteiger partial charge on any atom is -0.322 e. The molecule has 20 heavy (non-hydrogen) atoms. The molecule has 0 spiro atoms. The summed E-state index contributed by atoms with van der Waals surface area (Å²) in [5.74, 6) is 0.0297. The summed E-state index contributed by atoms with van der Waals surface area (Å²) in [5, 5.41) is 10.7. The third-order valence-electron chi connectivity index (χ3n) is 3.95. The van der Waals surface area contributed by atoms with Crippen LogP contribution in [0.5, 0.6) is 0 Å². The van der Waals surface area contributed by atoms with Crippen LogP contribution in [0.3, 0.4) is 0 Å². The Morgan fingerprint density at radius 1 is 1.45 bits per heavy atom. The normalized spacial score (nSPS) is 17.2. The molecule has 1 aliphatic heterocycles. The molecular weight excluding hydrogens is 254 g/mol. The smallest absolute Gasteiger partial charge is 0.244 e. The number of carbonyl (C=O) groups is 1. The third kappa shape index (κ3) is 3.02. The Hall–Kier alpha value is -1.40. The molecule has 0 saturated carbocycles. The van der Waals surface area contributed by atoms with Gasteiger partial charge in [-0.05, 0) is 20.3 Å². The first-order chi connectivity index (χ1) is 9.45. The monoisotopic (exact) mass is 279 g/mol. The van der Waals surface area contributed by atoms with Crippen molar-refractivity contribution in [2.24, 2.45) is 7.05 Å². The van der Waals surface area contributed by atoms with Crippen LogP contribution in [0.25, 0.3) is 0 Å². The topological polar surface area (TPSA) is 62.2 Å². The fourth-order valence-corrected chi connectivity index (χ4v) is 2.54. The highest BCUT2D eigenvalue weighted by atomic mass is 16.2. The zero-order chi connectivity index (χ0) is 14.8. The number of piperazine rings is 1. The molecule has 6 heteroatoms. The van der Waals surface area contributed by atoms with E-state index in [2.05, 4.69) is 20.6 Å². The molecule has 1 aromatic heterocycles. The van der Waals surface area contributed by atoms with Crippen molar-refractivity contribution in [3.8, 4) is 0 Å². The fraction of sp³-hybridized carbons (Fsp3) is 0.714. The van der Waals surface area contributed by atoms with E-state index in [1.807, 2.05) is 34.0 Å². The lowest BCUT2D eigenvalue weighted by molar-refractivity contribution is -0.126. The molecule has 0 aromatic carbocycles. The average molecular weight is 279 g/mol. The quantitative estimate of drug-likeness (QED) is 0.847. The number of aromatic nitrogens is 2. The summed E-state index contributed by atoms with van der Waals surface area (Å²) >= 11 is 0. The molecule has 0 unspecified atom stereocenters. The van der Waals surface area contributed by atoms with Gasteiger partial charge in [0.15, 0.2) is 0 Å². The van der Waals surface area contributed by atoms with Gasteiger partial charge in [0.25, 0.3) is 0 Å². The first-order valence-electron chi connectivity index (χ1n) is 7.25. The number of nitrogens with zero attached hydrogens (tertiary/aromatic N) is 3. The van der Waals surface area contributed by atoms with Crippen LogP contribution in [0, 0.1) is 0 Å².